The second-order valence-electron chi connectivity index (χ2n) is 30.0. The molecule has 119 heavy (non-hydrogen) atoms. The van der Waals surface area contributed by atoms with Gasteiger partial charge in [0.25, 0.3) is 0 Å². The number of ether oxygens (including phenoxy) is 4. The van der Waals surface area contributed by atoms with E-state index in [1.54, 1.807) is 0 Å². The van der Waals surface area contributed by atoms with E-state index in [4.69, 9.17) is 24.7 Å². The van der Waals surface area contributed by atoms with Crippen molar-refractivity contribution in [2.24, 2.45) is 32.1 Å². The molecule has 8 aromatic rings. The average Bonchev–Trinajstić information content (AvgIpc) is 1.61. The highest BCUT2D eigenvalue weighted by Crippen LogP contribution is 2.59. The second-order valence-corrected chi connectivity index (χ2v) is 35.0. The minimum Gasteiger partial charge on any atom is -0.493 e. The fraction of sp³-hybridized carbons (Fsp3) is 0.356. The van der Waals surface area contributed by atoms with Gasteiger partial charge in [0.15, 0.2) is 0 Å². The molecule has 4 N–H and O–H groups in total. The normalized spacial score (nSPS) is 22.0. The molecule has 622 valence electrons. The van der Waals surface area contributed by atoms with Crippen LogP contribution in [0.4, 0.5) is 35.1 Å². The van der Waals surface area contributed by atoms with Crippen molar-refractivity contribution in [3.05, 3.63) is 261 Å². The number of thioether (sulfide) groups is 4. The third-order valence-corrected chi connectivity index (χ3v) is 27.5. The van der Waals surface area contributed by atoms with Crippen molar-refractivity contribution in [1.82, 2.24) is 35.6 Å². The number of benzene rings is 8. The van der Waals surface area contributed by atoms with E-state index in [0.29, 0.717) is 129 Å². The number of nitrogens with zero attached hydrogens (tertiary/aromatic N) is 9. The quantitative estimate of drug-likeness (QED) is 0.0570. The molecule has 10 heterocycles. The molecule has 2 fully saturated rings. The van der Waals surface area contributed by atoms with Gasteiger partial charge in [0.1, 0.15) is 109 Å². The van der Waals surface area contributed by atoms with E-state index in [-0.39, 0.29) is 69.3 Å². The predicted molar refractivity (Wildman–Crippen MR) is 444 cm³/mol. The predicted octanol–water partition coefficient (Wildman–Crippen LogP) is 16.0. The largest absolute Gasteiger partial charge is 0.493 e. The van der Waals surface area contributed by atoms with Crippen LogP contribution in [0.15, 0.2) is 190 Å². The zero-order valence-corrected chi connectivity index (χ0v) is 68.4. The van der Waals surface area contributed by atoms with Gasteiger partial charge in [-0.3, -0.25) is 19.2 Å². The summed E-state index contributed by atoms with van der Waals surface area (Å²) in [5, 5.41) is 31.3. The van der Waals surface area contributed by atoms with E-state index in [9.17, 15) is 54.3 Å². The summed E-state index contributed by atoms with van der Waals surface area (Å²) in [5.41, 5.74) is 9.33. The van der Waals surface area contributed by atoms with E-state index >= 15 is 0 Å². The zero-order valence-electron chi connectivity index (χ0n) is 65.1. The van der Waals surface area contributed by atoms with E-state index in [1.165, 1.54) is 79.9 Å². The fourth-order valence-electron chi connectivity index (χ4n) is 15.8. The molecule has 10 aliphatic rings. The number of para-hydroxylation sites is 4. The van der Waals surface area contributed by atoms with Crippen LogP contribution < -0.4 is 35.3 Å². The summed E-state index contributed by atoms with van der Waals surface area (Å²) >= 11 is 5.14. The highest BCUT2D eigenvalue weighted by molar-refractivity contribution is 8.16. The van der Waals surface area contributed by atoms with Crippen LogP contribution in [0.5, 0.6) is 23.0 Å². The summed E-state index contributed by atoms with van der Waals surface area (Å²) < 4.78 is 136. The SMILES string of the molecule is CC(N)CCC(=O)N1N=C(c2cc(F)ccc2F)SC12CCOc1ccccc12.CNCCCC(=O)N1N=C(c2cc(F)ccc2F)SC12CCOc1ccccc12.O=C(CC1CNC1)N1N=C(c2cc(F)ccc2F)SC12CCOc1ccccc12.O=C(CCCN1CCCC1)N1N=C(c2cc(F)ccc2F)SC12CCOc1ccccc12. The monoisotopic (exact) mass is 1710 g/mol. The number of rotatable bonds is 17. The molecule has 10 aliphatic heterocycles. The first kappa shape index (κ1) is 84.2. The molecule has 8 aromatic carbocycles. The molecular formula is C87H86F8N12O8S4. The van der Waals surface area contributed by atoms with Gasteiger partial charge in [0.2, 0.25) is 23.6 Å². The Hall–Kier alpha value is -9.80. The van der Waals surface area contributed by atoms with Gasteiger partial charge in [-0.05, 0) is 188 Å². The minimum atomic E-state index is -0.863. The van der Waals surface area contributed by atoms with E-state index in [1.807, 2.05) is 111 Å². The number of carbonyl (C=O) groups is 4. The number of halogens is 8. The molecule has 18 rings (SSSR count). The van der Waals surface area contributed by atoms with E-state index < -0.39 is 66.0 Å². The number of nitrogens with two attached hydrogens (primary N) is 1. The zero-order chi connectivity index (χ0) is 83.2. The van der Waals surface area contributed by atoms with Crippen LogP contribution in [0.2, 0.25) is 0 Å². The van der Waals surface area contributed by atoms with Crippen LogP contribution in [0.1, 0.15) is 135 Å². The number of fused-ring (bicyclic) bond motifs is 8. The molecule has 0 aliphatic carbocycles. The lowest BCUT2D eigenvalue weighted by molar-refractivity contribution is -0.137. The Morgan fingerprint density at radius 3 is 1.08 bits per heavy atom. The van der Waals surface area contributed by atoms with Gasteiger partial charge >= 0.3 is 0 Å². The van der Waals surface area contributed by atoms with Crippen LogP contribution in [-0.2, 0) is 38.7 Å². The number of amides is 4. The van der Waals surface area contributed by atoms with Crippen molar-refractivity contribution in [2.45, 2.75) is 116 Å². The number of carbonyl (C=O) groups excluding carboxylic acids is 4. The first-order valence-corrected chi connectivity index (χ1v) is 42.8. The molecule has 5 atom stereocenters. The molecule has 0 radical (unpaired) electrons. The Morgan fingerprint density at radius 1 is 0.454 bits per heavy atom. The number of hydrogen-bond donors (Lipinski definition) is 3. The van der Waals surface area contributed by atoms with Gasteiger partial charge in [-0.15, -0.1) is 0 Å². The van der Waals surface area contributed by atoms with Crippen LogP contribution >= 0.6 is 47.0 Å². The van der Waals surface area contributed by atoms with Crippen LogP contribution in [0.25, 0.3) is 0 Å². The Kier molecular flexibility index (Phi) is 25.9. The summed E-state index contributed by atoms with van der Waals surface area (Å²) in [4.78, 5) is 51.9. The Labute approximate surface area is 700 Å². The maximum atomic E-state index is 14.6. The van der Waals surface area contributed by atoms with Gasteiger partial charge in [0, 0.05) is 102 Å². The summed E-state index contributed by atoms with van der Waals surface area (Å²) in [6.07, 6.45) is 7.55. The van der Waals surface area contributed by atoms with Crippen molar-refractivity contribution in [3.63, 3.8) is 0 Å². The van der Waals surface area contributed by atoms with Crippen molar-refractivity contribution in [3.8, 4) is 23.0 Å². The Morgan fingerprint density at radius 2 is 0.765 bits per heavy atom. The van der Waals surface area contributed by atoms with Crippen molar-refractivity contribution in [2.75, 3.05) is 72.7 Å². The van der Waals surface area contributed by atoms with Gasteiger partial charge in [-0.2, -0.15) is 20.4 Å². The minimum absolute atomic E-state index is 0.0424. The molecule has 2 saturated heterocycles. The lowest BCUT2D eigenvalue weighted by Gasteiger charge is -2.40. The van der Waals surface area contributed by atoms with Crippen LogP contribution in [0, 0.1) is 52.5 Å². The molecular weight excluding hydrogens is 1620 g/mol. The van der Waals surface area contributed by atoms with E-state index in [2.05, 4.69) is 35.9 Å². The van der Waals surface area contributed by atoms with Crippen LogP contribution in [0.3, 0.4) is 0 Å². The van der Waals surface area contributed by atoms with Gasteiger partial charge in [0.05, 0.1) is 26.4 Å². The maximum Gasteiger partial charge on any atom is 0.244 e. The molecule has 32 heteroatoms. The van der Waals surface area contributed by atoms with Crippen molar-refractivity contribution >= 4 is 90.9 Å². The highest BCUT2D eigenvalue weighted by atomic mass is 32.2. The summed E-state index contributed by atoms with van der Waals surface area (Å²) in [6.45, 7) is 8.80. The van der Waals surface area contributed by atoms with Gasteiger partial charge in [-0.25, -0.2) is 55.2 Å². The van der Waals surface area contributed by atoms with Crippen molar-refractivity contribution < 1.29 is 73.2 Å². The number of hydrazone groups is 4. The summed E-state index contributed by atoms with van der Waals surface area (Å²) in [6, 6.07) is 43.0. The van der Waals surface area contributed by atoms with Gasteiger partial charge in [-0.1, -0.05) is 120 Å². The third-order valence-electron chi connectivity index (χ3n) is 21.8. The standard InChI is InChI=1S/C24H25F2N3O2S.C21H19F2N3O2S.2C21H21F2N3O2S/c25-17-9-10-20(26)18(16-17)23-27-29(22(30)8-5-14-28-12-3-4-13-28)24(32-23)11-15-31-21-7-2-1-6-19(21)24;22-14-5-6-17(23)15(10-14)20-25-26(19(27)9-13-11-24-12-13)21(29-20)7-8-28-18-4-2-1-3-16(18)21;1-24-11-4-7-19(27)26-21(10-12-28-18-6-3-2-5-16(18)21)29-20(25-26)15-13-14(22)8-9-17(15)23;1-13(24)6-9-19(27)26-21(10-11-28-18-5-3-2-4-16(18)21)29-20(25-26)15-12-14(22)7-8-17(15)23/h1-2,6-7,9-10,16H,3-5,8,11-15H2;1-6,10,13,24H,7-9,11-12H2;2-3,5-6,8-9,13,24H,4,7,10-12H2,1H3;2-5,7-8,12-13H,6,9-11,24H2,1H3. The maximum absolute atomic E-state index is 14.6. The second kappa shape index (κ2) is 36.6. The molecule has 5 unspecified atom stereocenters. The third kappa shape index (κ3) is 17.6. The average molecular weight is 1710 g/mol. The Bertz CT molecular complexity index is 5300. The van der Waals surface area contributed by atoms with Gasteiger partial charge < -0.3 is 40.2 Å². The molecule has 4 spiro atoms. The topological polar surface area (TPSA) is 221 Å². The molecule has 4 amide bonds. The smallest absolute Gasteiger partial charge is 0.244 e. The van der Waals surface area contributed by atoms with Crippen LogP contribution in [-0.4, -0.2) is 148 Å². The molecule has 0 saturated carbocycles. The lowest BCUT2D eigenvalue weighted by atomic mass is 9.96. The summed E-state index contributed by atoms with van der Waals surface area (Å²) in [7, 11) is 1.83. The van der Waals surface area contributed by atoms with E-state index in [0.717, 1.165) is 134 Å². The fourth-order valence-corrected chi connectivity index (χ4v) is 21.4. The number of likely N-dealkylation sites (tertiary alicyclic amines) is 1. The number of nitrogens with one attached hydrogen (secondary N) is 2. The molecule has 0 bridgehead atoms. The number of hydrogen-bond acceptors (Lipinski definition) is 20. The summed E-state index contributed by atoms with van der Waals surface area (Å²) in [5.74, 6) is -2.09. The Balaban J connectivity index is 0.000000124. The highest BCUT2D eigenvalue weighted by Gasteiger charge is 2.56. The molecule has 0 aromatic heterocycles. The lowest BCUT2D eigenvalue weighted by Crippen LogP contribution is -2.48. The molecule has 20 nitrogen and oxygen atoms in total. The first-order chi connectivity index (χ1) is 57.6. The van der Waals surface area contributed by atoms with Crippen molar-refractivity contribution in [1.29, 1.82) is 0 Å². The first-order valence-electron chi connectivity index (χ1n) is 39.6.